The lowest BCUT2D eigenvalue weighted by Gasteiger charge is -2.18. The number of aromatic nitrogens is 1. The van der Waals surface area contributed by atoms with E-state index in [9.17, 15) is 4.79 Å². The van der Waals surface area contributed by atoms with E-state index in [0.29, 0.717) is 36.0 Å². The van der Waals surface area contributed by atoms with E-state index < -0.39 is 0 Å². The average Bonchev–Trinajstić information content (AvgIpc) is 2.87. The molecule has 0 aliphatic carbocycles. The number of fused-ring (bicyclic) bond motifs is 1. The summed E-state index contributed by atoms with van der Waals surface area (Å²) in [6, 6.07) is 5.41. The van der Waals surface area contributed by atoms with Crippen molar-refractivity contribution >= 4 is 5.78 Å². The molecule has 5 heteroatoms. The fraction of sp³-hybridized carbons (Fsp3) is 0.231. The van der Waals surface area contributed by atoms with Crippen LogP contribution in [0.3, 0.4) is 0 Å². The maximum Gasteiger partial charge on any atom is 0.177 e. The quantitative estimate of drug-likeness (QED) is 0.760. The Morgan fingerprint density at radius 3 is 2.78 bits per heavy atom. The molecule has 1 aliphatic heterocycles. The van der Waals surface area contributed by atoms with Crippen molar-refractivity contribution in [3.05, 3.63) is 30.0 Å². The van der Waals surface area contributed by atoms with Crippen molar-refractivity contribution in [3.63, 3.8) is 0 Å². The number of hydrogen-bond donors (Lipinski definition) is 0. The minimum absolute atomic E-state index is 0.0823. The second-order valence-corrected chi connectivity index (χ2v) is 3.98. The Hall–Kier alpha value is -2.30. The van der Waals surface area contributed by atoms with Gasteiger partial charge >= 0.3 is 0 Å². The van der Waals surface area contributed by atoms with Crippen LogP contribution in [0.1, 0.15) is 17.3 Å². The van der Waals surface area contributed by atoms with Crippen molar-refractivity contribution < 1.29 is 18.8 Å². The van der Waals surface area contributed by atoms with Gasteiger partial charge in [-0.1, -0.05) is 5.16 Å². The highest BCUT2D eigenvalue weighted by molar-refractivity contribution is 5.99. The number of benzene rings is 1. The fourth-order valence-corrected chi connectivity index (χ4v) is 1.88. The number of ether oxygens (including phenoxy) is 2. The predicted molar refractivity (Wildman–Crippen MR) is 62.9 cm³/mol. The van der Waals surface area contributed by atoms with Gasteiger partial charge in [-0.15, -0.1) is 0 Å². The van der Waals surface area contributed by atoms with E-state index in [1.54, 1.807) is 12.1 Å². The molecule has 0 fully saturated rings. The van der Waals surface area contributed by atoms with Crippen LogP contribution in [0.25, 0.3) is 11.3 Å². The molecule has 0 saturated carbocycles. The van der Waals surface area contributed by atoms with Gasteiger partial charge in [0, 0.05) is 5.56 Å². The van der Waals surface area contributed by atoms with E-state index in [1.165, 1.54) is 13.1 Å². The van der Waals surface area contributed by atoms with E-state index in [4.69, 9.17) is 14.0 Å². The monoisotopic (exact) mass is 245 g/mol. The normalized spacial score (nSPS) is 13.4. The van der Waals surface area contributed by atoms with E-state index >= 15 is 0 Å². The molecule has 0 unspecified atom stereocenters. The van der Waals surface area contributed by atoms with E-state index in [2.05, 4.69) is 5.16 Å². The number of hydrogen-bond acceptors (Lipinski definition) is 5. The Bertz CT molecular complexity index is 603. The Morgan fingerprint density at radius 1 is 1.22 bits per heavy atom. The molecule has 18 heavy (non-hydrogen) atoms. The summed E-state index contributed by atoms with van der Waals surface area (Å²) >= 11 is 0. The van der Waals surface area contributed by atoms with Gasteiger partial charge in [0.25, 0.3) is 0 Å². The predicted octanol–water partition coefficient (Wildman–Crippen LogP) is 2.32. The number of nitrogens with zero attached hydrogens (tertiary/aromatic N) is 1. The van der Waals surface area contributed by atoms with Crippen molar-refractivity contribution in [2.75, 3.05) is 13.2 Å². The summed E-state index contributed by atoms with van der Waals surface area (Å²) in [5.74, 6) is 1.74. The summed E-state index contributed by atoms with van der Waals surface area (Å²) in [6.07, 6.45) is 1.43. The lowest BCUT2D eigenvalue weighted by Crippen LogP contribution is -2.15. The van der Waals surface area contributed by atoms with Gasteiger partial charge in [0.2, 0.25) is 0 Å². The van der Waals surface area contributed by atoms with Crippen LogP contribution >= 0.6 is 0 Å². The molecule has 0 atom stereocenters. The largest absolute Gasteiger partial charge is 0.486 e. The smallest absolute Gasteiger partial charge is 0.177 e. The Morgan fingerprint density at radius 2 is 2.00 bits per heavy atom. The summed E-state index contributed by atoms with van der Waals surface area (Å²) in [5.41, 5.74) is 1.22. The SMILES string of the molecule is CC(=O)c1cnoc1-c1ccc2c(c1)OCCO2. The molecule has 0 radical (unpaired) electrons. The molecule has 1 aromatic heterocycles. The van der Waals surface area contributed by atoms with Gasteiger partial charge in [0.1, 0.15) is 13.2 Å². The first-order valence-electron chi connectivity index (χ1n) is 5.61. The van der Waals surface area contributed by atoms with Crippen LogP contribution in [-0.2, 0) is 0 Å². The molecule has 0 spiro atoms. The van der Waals surface area contributed by atoms with Crippen molar-refractivity contribution in [2.24, 2.45) is 0 Å². The highest BCUT2D eigenvalue weighted by Gasteiger charge is 2.18. The highest BCUT2D eigenvalue weighted by Crippen LogP contribution is 2.35. The number of rotatable bonds is 2. The molecule has 0 N–H and O–H groups in total. The molecule has 1 aromatic carbocycles. The number of Topliss-reactive ketones (excluding diaryl/α,β-unsaturated/α-hetero) is 1. The molecule has 2 aromatic rings. The number of carbonyl (C=O) groups excluding carboxylic acids is 1. The molecule has 1 aliphatic rings. The van der Waals surface area contributed by atoms with Crippen LogP contribution in [0.5, 0.6) is 11.5 Å². The fourth-order valence-electron chi connectivity index (χ4n) is 1.88. The summed E-state index contributed by atoms with van der Waals surface area (Å²) in [4.78, 5) is 11.4. The number of ketones is 1. The maximum atomic E-state index is 11.4. The molecule has 0 amide bonds. The molecule has 3 rings (SSSR count). The first kappa shape index (κ1) is 10.8. The second-order valence-electron chi connectivity index (χ2n) is 3.98. The van der Waals surface area contributed by atoms with Gasteiger partial charge in [-0.05, 0) is 25.1 Å². The topological polar surface area (TPSA) is 61.6 Å². The van der Waals surface area contributed by atoms with Crippen molar-refractivity contribution in [1.29, 1.82) is 0 Å². The Labute approximate surface area is 103 Å². The summed E-state index contributed by atoms with van der Waals surface area (Å²) < 4.78 is 16.1. The Kier molecular flexibility index (Phi) is 2.51. The van der Waals surface area contributed by atoms with Gasteiger partial charge in [-0.25, -0.2) is 0 Å². The van der Waals surface area contributed by atoms with Gasteiger partial charge in [0.15, 0.2) is 23.0 Å². The molecule has 2 heterocycles. The van der Waals surface area contributed by atoms with Gasteiger partial charge in [-0.3, -0.25) is 4.79 Å². The summed E-state index contributed by atoms with van der Waals surface area (Å²) in [7, 11) is 0. The Balaban J connectivity index is 2.06. The molecule has 5 nitrogen and oxygen atoms in total. The van der Waals surface area contributed by atoms with Crippen LogP contribution < -0.4 is 9.47 Å². The average molecular weight is 245 g/mol. The van der Waals surface area contributed by atoms with E-state index in [1.807, 2.05) is 6.07 Å². The zero-order valence-corrected chi connectivity index (χ0v) is 9.80. The van der Waals surface area contributed by atoms with E-state index in [0.717, 1.165) is 5.56 Å². The first-order chi connectivity index (χ1) is 8.75. The third-order valence-corrected chi connectivity index (χ3v) is 2.75. The van der Waals surface area contributed by atoms with Crippen molar-refractivity contribution in [3.8, 4) is 22.8 Å². The lowest BCUT2D eigenvalue weighted by atomic mass is 10.1. The van der Waals surface area contributed by atoms with E-state index in [-0.39, 0.29) is 5.78 Å². The molecular formula is C13H11NO4. The minimum Gasteiger partial charge on any atom is -0.486 e. The third kappa shape index (κ3) is 1.73. The minimum atomic E-state index is -0.0823. The zero-order chi connectivity index (χ0) is 12.5. The van der Waals surface area contributed by atoms with Gasteiger partial charge in [0.05, 0.1) is 11.8 Å². The summed E-state index contributed by atoms with van der Waals surface area (Å²) in [6.45, 7) is 2.55. The molecule has 0 saturated heterocycles. The molecule has 92 valence electrons. The van der Waals surface area contributed by atoms with Crippen LogP contribution in [0.4, 0.5) is 0 Å². The molecular weight excluding hydrogens is 234 g/mol. The third-order valence-electron chi connectivity index (χ3n) is 2.75. The maximum absolute atomic E-state index is 11.4. The zero-order valence-electron chi connectivity index (χ0n) is 9.80. The van der Waals surface area contributed by atoms with Crippen molar-refractivity contribution in [1.82, 2.24) is 5.16 Å². The summed E-state index contributed by atoms with van der Waals surface area (Å²) in [5, 5.41) is 3.66. The second kappa shape index (κ2) is 4.18. The first-order valence-corrected chi connectivity index (χ1v) is 5.61. The van der Waals surface area contributed by atoms with Crippen LogP contribution in [-0.4, -0.2) is 24.2 Å². The number of carbonyl (C=O) groups is 1. The van der Waals surface area contributed by atoms with Gasteiger partial charge in [-0.2, -0.15) is 0 Å². The van der Waals surface area contributed by atoms with Gasteiger partial charge < -0.3 is 14.0 Å². The van der Waals surface area contributed by atoms with Crippen molar-refractivity contribution in [2.45, 2.75) is 6.92 Å². The van der Waals surface area contributed by atoms with Crippen LogP contribution in [0.15, 0.2) is 28.9 Å². The van der Waals surface area contributed by atoms with Crippen LogP contribution in [0, 0.1) is 0 Å². The van der Waals surface area contributed by atoms with Crippen LogP contribution in [0.2, 0.25) is 0 Å². The lowest BCUT2D eigenvalue weighted by molar-refractivity contribution is 0.101. The molecule has 0 bridgehead atoms. The standard InChI is InChI=1S/C13H11NO4/c1-8(15)10-7-14-18-13(10)9-2-3-11-12(6-9)17-5-4-16-11/h2-3,6-7H,4-5H2,1H3. The highest BCUT2D eigenvalue weighted by atomic mass is 16.6.